The Morgan fingerprint density at radius 2 is 1.36 bits per heavy atom. The minimum Gasteiger partial charge on any atom is -0.317 e. The molecule has 2 aliphatic heterocycles. The molecule has 2 heterocycles. The molecule has 0 atom stereocenters. The lowest BCUT2D eigenvalue weighted by Crippen LogP contribution is -2.37. The van der Waals surface area contributed by atoms with E-state index in [-0.39, 0.29) is 7.43 Å². The molecular formula is C9H20N2. The summed E-state index contributed by atoms with van der Waals surface area (Å²) in [6, 6.07) is 0. The van der Waals surface area contributed by atoms with E-state index in [1.54, 1.807) is 0 Å². The Morgan fingerprint density at radius 1 is 0.818 bits per heavy atom. The van der Waals surface area contributed by atoms with Crippen molar-refractivity contribution in [3.05, 3.63) is 0 Å². The predicted molar refractivity (Wildman–Crippen MR) is 48.8 cm³/mol. The van der Waals surface area contributed by atoms with Gasteiger partial charge in [0.05, 0.1) is 0 Å². The van der Waals surface area contributed by atoms with Crippen LogP contribution in [0.3, 0.4) is 0 Å². The molecule has 2 rings (SSSR count). The van der Waals surface area contributed by atoms with Crippen LogP contribution in [-0.4, -0.2) is 26.2 Å². The lowest BCUT2D eigenvalue weighted by molar-refractivity contribution is 0.229. The first-order valence-electron chi connectivity index (χ1n) is 4.33. The molecule has 66 valence electrons. The van der Waals surface area contributed by atoms with Gasteiger partial charge >= 0.3 is 0 Å². The molecule has 2 aliphatic rings. The third-order valence-corrected chi connectivity index (χ3v) is 3.00. The Labute approximate surface area is 69.8 Å². The van der Waals surface area contributed by atoms with E-state index in [1.807, 2.05) is 0 Å². The fraction of sp³-hybridized carbons (Fsp3) is 1.00. The molecule has 0 amide bonds. The monoisotopic (exact) mass is 156 g/mol. The first-order chi connectivity index (χ1) is 4.91. The van der Waals surface area contributed by atoms with Gasteiger partial charge in [-0.3, -0.25) is 0 Å². The van der Waals surface area contributed by atoms with Crippen LogP contribution in [0.2, 0.25) is 0 Å². The van der Waals surface area contributed by atoms with Gasteiger partial charge in [0.2, 0.25) is 0 Å². The van der Waals surface area contributed by atoms with Crippen molar-refractivity contribution in [3.8, 4) is 0 Å². The van der Waals surface area contributed by atoms with Gasteiger partial charge in [0, 0.05) is 6.54 Å². The third kappa shape index (κ3) is 1.74. The van der Waals surface area contributed by atoms with Crippen LogP contribution in [-0.2, 0) is 0 Å². The second-order valence-electron chi connectivity index (χ2n) is 3.68. The van der Waals surface area contributed by atoms with Crippen LogP contribution in [0.15, 0.2) is 0 Å². The molecule has 2 nitrogen and oxygen atoms in total. The van der Waals surface area contributed by atoms with E-state index in [4.69, 9.17) is 0 Å². The van der Waals surface area contributed by atoms with Gasteiger partial charge in [-0.15, -0.1) is 0 Å². The standard InChI is InChI=1S/C8H16N2.CH4/c1-4-9-5-2-8(1)3-6-10-7-8;/h9-10H,1-7H2;1H4. The maximum Gasteiger partial charge on any atom is 0.000924 e. The topological polar surface area (TPSA) is 24.1 Å². The van der Waals surface area contributed by atoms with Crippen molar-refractivity contribution >= 4 is 0 Å². The first kappa shape index (κ1) is 9.01. The summed E-state index contributed by atoms with van der Waals surface area (Å²) in [6.07, 6.45) is 4.19. The largest absolute Gasteiger partial charge is 0.317 e. The Kier molecular flexibility index (Phi) is 2.90. The van der Waals surface area contributed by atoms with E-state index in [9.17, 15) is 0 Å². The zero-order valence-corrected chi connectivity index (χ0v) is 6.45. The minimum absolute atomic E-state index is 0. The zero-order valence-electron chi connectivity index (χ0n) is 6.45. The summed E-state index contributed by atoms with van der Waals surface area (Å²) in [7, 11) is 0. The van der Waals surface area contributed by atoms with Crippen LogP contribution in [0, 0.1) is 5.41 Å². The van der Waals surface area contributed by atoms with Crippen LogP contribution in [0.25, 0.3) is 0 Å². The van der Waals surface area contributed by atoms with E-state index >= 15 is 0 Å². The molecule has 2 saturated heterocycles. The molecule has 0 aliphatic carbocycles. The van der Waals surface area contributed by atoms with Crippen molar-refractivity contribution < 1.29 is 0 Å². The van der Waals surface area contributed by atoms with Crippen LogP contribution in [0.5, 0.6) is 0 Å². The molecule has 2 fully saturated rings. The molecule has 2 N–H and O–H groups in total. The number of piperidine rings is 1. The van der Waals surface area contributed by atoms with Gasteiger partial charge in [-0.05, 0) is 44.3 Å². The van der Waals surface area contributed by atoms with Crippen LogP contribution in [0.1, 0.15) is 26.7 Å². The molecule has 0 unspecified atom stereocenters. The molecule has 0 aromatic carbocycles. The Bertz CT molecular complexity index is 109. The minimum atomic E-state index is 0. The van der Waals surface area contributed by atoms with Gasteiger partial charge in [0.25, 0.3) is 0 Å². The van der Waals surface area contributed by atoms with Crippen molar-refractivity contribution in [1.82, 2.24) is 10.6 Å². The number of hydrogen-bond donors (Lipinski definition) is 2. The molecule has 1 spiro atoms. The maximum atomic E-state index is 3.46. The molecule has 0 aromatic rings. The van der Waals surface area contributed by atoms with Crippen molar-refractivity contribution in [2.75, 3.05) is 26.2 Å². The average molecular weight is 156 g/mol. The summed E-state index contributed by atoms with van der Waals surface area (Å²) in [5, 5.41) is 6.86. The van der Waals surface area contributed by atoms with E-state index in [0.29, 0.717) is 5.41 Å². The van der Waals surface area contributed by atoms with E-state index in [0.717, 1.165) is 0 Å². The van der Waals surface area contributed by atoms with Crippen molar-refractivity contribution in [2.24, 2.45) is 5.41 Å². The quantitative estimate of drug-likeness (QED) is 0.546. The maximum absolute atomic E-state index is 3.46. The molecule has 2 heteroatoms. The predicted octanol–water partition coefficient (Wildman–Crippen LogP) is 0.986. The first-order valence-corrected chi connectivity index (χ1v) is 4.33. The molecule has 0 saturated carbocycles. The summed E-state index contributed by atoms with van der Waals surface area (Å²) in [5.74, 6) is 0. The van der Waals surface area contributed by atoms with Crippen LogP contribution in [0.4, 0.5) is 0 Å². The van der Waals surface area contributed by atoms with Gasteiger partial charge in [-0.1, -0.05) is 7.43 Å². The highest BCUT2D eigenvalue weighted by molar-refractivity contribution is 4.90. The van der Waals surface area contributed by atoms with Gasteiger partial charge in [-0.25, -0.2) is 0 Å². The highest BCUT2D eigenvalue weighted by Crippen LogP contribution is 2.34. The van der Waals surface area contributed by atoms with E-state index in [1.165, 1.54) is 45.4 Å². The Balaban J connectivity index is 0.000000605. The Morgan fingerprint density at radius 3 is 1.91 bits per heavy atom. The summed E-state index contributed by atoms with van der Waals surface area (Å²) >= 11 is 0. The molecule has 0 bridgehead atoms. The van der Waals surface area contributed by atoms with Crippen molar-refractivity contribution in [2.45, 2.75) is 26.7 Å². The molecule has 0 aromatic heterocycles. The van der Waals surface area contributed by atoms with Crippen LogP contribution < -0.4 is 10.6 Å². The number of hydrogen-bond acceptors (Lipinski definition) is 2. The second kappa shape index (κ2) is 3.55. The second-order valence-corrected chi connectivity index (χ2v) is 3.68. The van der Waals surface area contributed by atoms with Gasteiger partial charge < -0.3 is 10.6 Å². The summed E-state index contributed by atoms with van der Waals surface area (Å²) < 4.78 is 0. The molecule has 0 radical (unpaired) electrons. The number of rotatable bonds is 0. The van der Waals surface area contributed by atoms with Gasteiger partial charge in [0.1, 0.15) is 0 Å². The number of nitrogens with one attached hydrogen (secondary N) is 2. The lowest BCUT2D eigenvalue weighted by Gasteiger charge is -2.32. The van der Waals surface area contributed by atoms with E-state index in [2.05, 4.69) is 10.6 Å². The van der Waals surface area contributed by atoms with Crippen molar-refractivity contribution in [1.29, 1.82) is 0 Å². The fourth-order valence-corrected chi connectivity index (χ4v) is 2.18. The zero-order chi connectivity index (χ0) is 6.86. The molecular weight excluding hydrogens is 136 g/mol. The third-order valence-electron chi connectivity index (χ3n) is 3.00. The summed E-state index contributed by atoms with van der Waals surface area (Å²) in [5.41, 5.74) is 0.700. The van der Waals surface area contributed by atoms with Crippen molar-refractivity contribution in [3.63, 3.8) is 0 Å². The smallest absolute Gasteiger partial charge is 0.000924 e. The highest BCUT2D eigenvalue weighted by atomic mass is 15.0. The van der Waals surface area contributed by atoms with Crippen LogP contribution >= 0.6 is 0 Å². The van der Waals surface area contributed by atoms with Gasteiger partial charge in [-0.2, -0.15) is 0 Å². The SMILES string of the molecule is C.C1CC2(CCN1)CCNC2. The van der Waals surface area contributed by atoms with Gasteiger partial charge in [0.15, 0.2) is 0 Å². The molecule has 11 heavy (non-hydrogen) atoms. The highest BCUT2D eigenvalue weighted by Gasteiger charge is 2.34. The Hall–Kier alpha value is -0.0800. The summed E-state index contributed by atoms with van der Waals surface area (Å²) in [4.78, 5) is 0. The average Bonchev–Trinajstić information content (AvgIpc) is 2.39. The normalized spacial score (nSPS) is 28.4. The van der Waals surface area contributed by atoms with E-state index < -0.39 is 0 Å². The lowest BCUT2D eigenvalue weighted by atomic mass is 9.78. The fourth-order valence-electron chi connectivity index (χ4n) is 2.18. The summed E-state index contributed by atoms with van der Waals surface area (Å²) in [6.45, 7) is 5.00.